The highest BCUT2D eigenvalue weighted by molar-refractivity contribution is 5.93. The summed E-state index contributed by atoms with van der Waals surface area (Å²) in [5.74, 6) is 0. The molecule has 0 saturated heterocycles. The summed E-state index contributed by atoms with van der Waals surface area (Å²) in [5, 5.41) is 21.4. The van der Waals surface area contributed by atoms with Gasteiger partial charge in [0.05, 0.1) is 10.6 Å². The van der Waals surface area contributed by atoms with Gasteiger partial charge in [0.1, 0.15) is 0 Å². The molecule has 2 rings (SSSR count). The zero-order valence-electron chi connectivity index (χ0n) is 10.2. The van der Waals surface area contributed by atoms with E-state index in [1.165, 1.54) is 6.07 Å². The summed E-state index contributed by atoms with van der Waals surface area (Å²) < 4.78 is 4.60. The Bertz CT molecular complexity index is 562. The Morgan fingerprint density at radius 1 is 1.33 bits per heavy atom. The van der Waals surface area contributed by atoms with Crippen molar-refractivity contribution >= 4 is 22.4 Å². The molecule has 7 heteroatoms. The molecule has 0 aliphatic heterocycles. The number of anilines is 1. The zero-order valence-corrected chi connectivity index (χ0v) is 10.2. The van der Waals surface area contributed by atoms with Crippen LogP contribution < -0.4 is 5.32 Å². The summed E-state index contributed by atoms with van der Waals surface area (Å²) in [6.45, 7) is 4.15. The first-order valence-corrected chi connectivity index (χ1v) is 5.83. The van der Waals surface area contributed by atoms with E-state index in [-0.39, 0.29) is 11.2 Å². The van der Waals surface area contributed by atoms with Crippen molar-refractivity contribution in [3.05, 3.63) is 22.2 Å². The van der Waals surface area contributed by atoms with Crippen LogP contribution in [0.2, 0.25) is 0 Å². The lowest BCUT2D eigenvalue weighted by atomic mass is 10.1. The smallest absolute Gasteiger partial charge is 0.300 e. The molecule has 0 bridgehead atoms. The molecule has 0 spiro atoms. The number of nitro groups is 1. The fourth-order valence-corrected chi connectivity index (χ4v) is 1.83. The van der Waals surface area contributed by atoms with Crippen LogP contribution in [-0.2, 0) is 0 Å². The molecule has 1 N–H and O–H groups in total. The first-order valence-electron chi connectivity index (χ1n) is 5.83. The van der Waals surface area contributed by atoms with E-state index >= 15 is 0 Å². The van der Waals surface area contributed by atoms with E-state index < -0.39 is 4.92 Å². The van der Waals surface area contributed by atoms with Gasteiger partial charge in [0.25, 0.3) is 0 Å². The highest BCUT2D eigenvalue weighted by Crippen LogP contribution is 2.29. The zero-order chi connectivity index (χ0) is 13.1. The van der Waals surface area contributed by atoms with Crippen molar-refractivity contribution < 1.29 is 9.55 Å². The van der Waals surface area contributed by atoms with E-state index in [1.807, 2.05) is 0 Å². The molecule has 1 heterocycles. The predicted octanol–water partition coefficient (Wildman–Crippen LogP) is 2.73. The molecule has 96 valence electrons. The number of hydrogen-bond acceptors (Lipinski definition) is 6. The molecule has 0 atom stereocenters. The maximum atomic E-state index is 10.8. The van der Waals surface area contributed by atoms with E-state index in [9.17, 15) is 10.1 Å². The fraction of sp³-hybridized carbons (Fsp3) is 0.455. The standard InChI is InChI=1S/C11H14N4O3/c1-3-7(4-2)12-8-5-6-9(15(16)17)11-10(8)13-18-14-11/h5-7,12H,3-4H2,1-2H3. The van der Waals surface area contributed by atoms with Gasteiger partial charge in [-0.25, -0.2) is 4.63 Å². The first kappa shape index (κ1) is 12.3. The lowest BCUT2D eigenvalue weighted by molar-refractivity contribution is -0.383. The highest BCUT2D eigenvalue weighted by atomic mass is 16.6. The van der Waals surface area contributed by atoms with Gasteiger partial charge in [0.15, 0.2) is 5.52 Å². The molecule has 0 radical (unpaired) electrons. The molecular formula is C11H14N4O3. The van der Waals surface area contributed by atoms with E-state index in [4.69, 9.17) is 0 Å². The van der Waals surface area contributed by atoms with Crippen LogP contribution in [0.1, 0.15) is 26.7 Å². The molecule has 0 aliphatic carbocycles. The number of nitrogens with zero attached hydrogens (tertiary/aromatic N) is 3. The van der Waals surface area contributed by atoms with Gasteiger partial charge in [-0.05, 0) is 29.2 Å². The van der Waals surface area contributed by atoms with Gasteiger partial charge in [-0.1, -0.05) is 13.8 Å². The first-order chi connectivity index (χ1) is 8.67. The molecule has 2 aromatic rings. The maximum absolute atomic E-state index is 10.8. The number of rotatable bonds is 5. The largest absolute Gasteiger partial charge is 0.380 e. The average molecular weight is 250 g/mol. The normalized spacial score (nSPS) is 11.1. The Labute approximate surface area is 103 Å². The SMILES string of the molecule is CCC(CC)Nc1ccc([N+](=O)[O-])c2nonc12. The second-order valence-corrected chi connectivity index (χ2v) is 4.01. The maximum Gasteiger partial charge on any atom is 0.300 e. The third-order valence-corrected chi connectivity index (χ3v) is 2.94. The molecule has 0 amide bonds. The third kappa shape index (κ3) is 2.11. The van der Waals surface area contributed by atoms with Gasteiger partial charge in [0.2, 0.25) is 5.52 Å². The number of benzene rings is 1. The molecule has 0 unspecified atom stereocenters. The van der Waals surface area contributed by atoms with Gasteiger partial charge in [-0.2, -0.15) is 0 Å². The minimum Gasteiger partial charge on any atom is -0.380 e. The summed E-state index contributed by atoms with van der Waals surface area (Å²) in [6, 6.07) is 3.35. The number of non-ortho nitro benzene ring substituents is 1. The van der Waals surface area contributed by atoms with E-state index in [0.29, 0.717) is 17.2 Å². The minimum absolute atomic E-state index is 0.0960. The van der Waals surface area contributed by atoms with Crippen molar-refractivity contribution in [2.24, 2.45) is 0 Å². The second-order valence-electron chi connectivity index (χ2n) is 4.01. The van der Waals surface area contributed by atoms with Gasteiger partial charge in [0, 0.05) is 12.1 Å². The molecule has 1 aromatic heterocycles. The Hall–Kier alpha value is -2.18. The Balaban J connectivity index is 2.44. The molecule has 7 nitrogen and oxygen atoms in total. The van der Waals surface area contributed by atoms with Gasteiger partial charge in [-0.15, -0.1) is 0 Å². The molecular weight excluding hydrogens is 236 g/mol. The molecule has 0 aliphatic rings. The van der Waals surface area contributed by atoms with Crippen LogP contribution in [0.3, 0.4) is 0 Å². The molecule has 0 fully saturated rings. The van der Waals surface area contributed by atoms with Gasteiger partial charge < -0.3 is 5.32 Å². The van der Waals surface area contributed by atoms with Crippen LogP contribution >= 0.6 is 0 Å². The van der Waals surface area contributed by atoms with E-state index in [0.717, 1.165) is 12.8 Å². The molecule has 0 saturated carbocycles. The number of fused-ring (bicyclic) bond motifs is 1. The highest BCUT2D eigenvalue weighted by Gasteiger charge is 2.20. The van der Waals surface area contributed by atoms with Gasteiger partial charge >= 0.3 is 5.69 Å². The summed E-state index contributed by atoms with van der Waals surface area (Å²) in [7, 11) is 0. The second kappa shape index (κ2) is 4.99. The van der Waals surface area contributed by atoms with E-state index in [2.05, 4.69) is 34.1 Å². The number of nitrogens with one attached hydrogen (secondary N) is 1. The van der Waals surface area contributed by atoms with Crippen LogP contribution in [-0.4, -0.2) is 21.3 Å². The minimum atomic E-state index is -0.493. The monoisotopic (exact) mass is 250 g/mol. The lowest BCUT2D eigenvalue weighted by Crippen LogP contribution is -2.17. The fourth-order valence-electron chi connectivity index (χ4n) is 1.83. The van der Waals surface area contributed by atoms with Crippen LogP contribution in [0.5, 0.6) is 0 Å². The predicted molar refractivity (Wildman–Crippen MR) is 66.5 cm³/mol. The summed E-state index contributed by atoms with van der Waals surface area (Å²) in [6.07, 6.45) is 1.92. The van der Waals surface area contributed by atoms with Crippen molar-refractivity contribution in [2.75, 3.05) is 5.32 Å². The van der Waals surface area contributed by atoms with Crippen molar-refractivity contribution in [3.8, 4) is 0 Å². The van der Waals surface area contributed by atoms with Gasteiger partial charge in [-0.3, -0.25) is 10.1 Å². The summed E-state index contributed by atoms with van der Waals surface area (Å²) in [4.78, 5) is 10.3. The number of nitro benzene ring substituents is 1. The Kier molecular flexibility index (Phi) is 3.40. The van der Waals surface area contributed by atoms with Crippen LogP contribution in [0.25, 0.3) is 11.0 Å². The van der Waals surface area contributed by atoms with Crippen molar-refractivity contribution in [1.82, 2.24) is 10.3 Å². The van der Waals surface area contributed by atoms with Crippen molar-refractivity contribution in [2.45, 2.75) is 32.7 Å². The van der Waals surface area contributed by atoms with Crippen LogP contribution in [0, 0.1) is 10.1 Å². The van der Waals surface area contributed by atoms with Crippen LogP contribution in [0.4, 0.5) is 11.4 Å². The molecule has 1 aromatic carbocycles. The Morgan fingerprint density at radius 3 is 2.61 bits per heavy atom. The van der Waals surface area contributed by atoms with Crippen molar-refractivity contribution in [1.29, 1.82) is 0 Å². The summed E-state index contributed by atoms with van der Waals surface area (Å²) >= 11 is 0. The Morgan fingerprint density at radius 2 is 2.00 bits per heavy atom. The van der Waals surface area contributed by atoms with Crippen LogP contribution in [0.15, 0.2) is 16.8 Å². The summed E-state index contributed by atoms with van der Waals surface area (Å²) in [5.41, 5.74) is 1.19. The lowest BCUT2D eigenvalue weighted by Gasteiger charge is -2.15. The third-order valence-electron chi connectivity index (χ3n) is 2.94. The molecule has 18 heavy (non-hydrogen) atoms. The number of aromatic nitrogens is 2. The average Bonchev–Trinajstić information content (AvgIpc) is 2.84. The quantitative estimate of drug-likeness (QED) is 0.647. The number of hydrogen-bond donors (Lipinski definition) is 1. The van der Waals surface area contributed by atoms with E-state index in [1.54, 1.807) is 6.07 Å². The topological polar surface area (TPSA) is 94.1 Å². The van der Waals surface area contributed by atoms with Crippen molar-refractivity contribution in [3.63, 3.8) is 0 Å².